The summed E-state index contributed by atoms with van der Waals surface area (Å²) in [5.41, 5.74) is 1.11. The average Bonchev–Trinajstić information content (AvgIpc) is 2.46. The number of benzene rings is 1. The molecule has 2 atom stereocenters. The van der Waals surface area contributed by atoms with Gasteiger partial charge in [0.15, 0.2) is 0 Å². The summed E-state index contributed by atoms with van der Waals surface area (Å²) >= 11 is 5.95. The molecule has 3 nitrogen and oxygen atoms in total. The number of carbonyl (C=O) groups is 1. The van der Waals surface area contributed by atoms with E-state index < -0.39 is 8.32 Å². The van der Waals surface area contributed by atoms with Gasteiger partial charge in [-0.2, -0.15) is 0 Å². The molecule has 0 aromatic heterocycles. The van der Waals surface area contributed by atoms with Crippen LogP contribution < -0.4 is 0 Å². The number of allylic oxidation sites excluding steroid dienone is 2. The van der Waals surface area contributed by atoms with Crippen molar-refractivity contribution in [3.8, 4) is 0 Å². The first-order valence-corrected chi connectivity index (χ1v) is 11.3. The van der Waals surface area contributed by atoms with Gasteiger partial charge in [-0.05, 0) is 49.8 Å². The Morgan fingerprint density at radius 1 is 1.23 bits per heavy atom. The lowest BCUT2D eigenvalue weighted by molar-refractivity contribution is -0.146. The number of methoxy groups -OCH3 is 1. The van der Waals surface area contributed by atoms with Gasteiger partial charge < -0.3 is 9.16 Å². The highest BCUT2D eigenvalue weighted by Gasteiger charge is 2.35. The second-order valence-electron chi connectivity index (χ2n) is 6.61. The summed E-state index contributed by atoms with van der Waals surface area (Å²) < 4.78 is 11.1. The summed E-state index contributed by atoms with van der Waals surface area (Å²) in [7, 11) is -0.223. The average molecular weight is 339 g/mol. The molecule has 0 saturated heterocycles. The Morgan fingerprint density at radius 2 is 1.86 bits per heavy atom. The van der Waals surface area contributed by atoms with Crippen molar-refractivity contribution in [3.63, 3.8) is 0 Å². The number of rotatable bonds is 4. The number of carbonyl (C=O) groups excluding carboxylic acids is 1. The Hall–Kier alpha value is -1.26. The van der Waals surface area contributed by atoms with E-state index in [4.69, 9.17) is 20.8 Å². The molecule has 0 N–H and O–H groups in total. The second-order valence-corrected chi connectivity index (χ2v) is 11.5. The van der Waals surface area contributed by atoms with Crippen molar-refractivity contribution in [1.82, 2.24) is 0 Å². The van der Waals surface area contributed by atoms with E-state index >= 15 is 0 Å². The molecule has 1 aliphatic carbocycles. The van der Waals surface area contributed by atoms with E-state index in [0.29, 0.717) is 11.4 Å². The zero-order chi connectivity index (χ0) is 16.3. The number of ether oxygens (including phenoxy) is 1. The Morgan fingerprint density at radius 3 is 2.41 bits per heavy atom. The van der Waals surface area contributed by atoms with Crippen molar-refractivity contribution in [2.24, 2.45) is 5.92 Å². The number of hydrogen-bond acceptors (Lipinski definition) is 3. The van der Waals surface area contributed by atoms with Gasteiger partial charge in [0, 0.05) is 17.4 Å². The number of esters is 1. The SMILES string of the molecule is COC(=O)[C@@H]1CC(O[Si](C)(C)C)=CC[C@H]1c1ccc(Cl)cc1. The van der Waals surface area contributed by atoms with Crippen molar-refractivity contribution >= 4 is 25.9 Å². The molecule has 0 radical (unpaired) electrons. The van der Waals surface area contributed by atoms with E-state index in [1.54, 1.807) is 0 Å². The van der Waals surface area contributed by atoms with Crippen LogP contribution in [0.15, 0.2) is 36.1 Å². The standard InChI is InChI=1S/C17H23ClO3Si/c1-20-17(19)16-11-14(21-22(2,3)4)9-10-15(16)12-5-7-13(18)8-6-12/h5-9,15-16H,10-11H2,1-4H3/t15-,16+/m0/s1. The van der Waals surface area contributed by atoms with E-state index in [1.807, 2.05) is 24.3 Å². The molecular weight excluding hydrogens is 316 g/mol. The van der Waals surface area contributed by atoms with E-state index in [1.165, 1.54) is 7.11 Å². The minimum Gasteiger partial charge on any atom is -0.548 e. The molecular formula is C17H23ClO3Si. The van der Waals surface area contributed by atoms with Crippen molar-refractivity contribution < 1.29 is 14.0 Å². The summed E-state index contributed by atoms with van der Waals surface area (Å²) in [5, 5.41) is 0.701. The zero-order valence-electron chi connectivity index (χ0n) is 13.6. The third kappa shape index (κ3) is 4.37. The fourth-order valence-corrected chi connectivity index (χ4v) is 3.90. The molecule has 0 spiro atoms. The van der Waals surface area contributed by atoms with Gasteiger partial charge in [0.2, 0.25) is 8.32 Å². The molecule has 2 rings (SSSR count). The maximum Gasteiger partial charge on any atom is 0.309 e. The third-order valence-corrected chi connectivity index (χ3v) is 4.87. The predicted molar refractivity (Wildman–Crippen MR) is 91.4 cm³/mol. The lowest BCUT2D eigenvalue weighted by Crippen LogP contribution is -2.31. The van der Waals surface area contributed by atoms with E-state index in [2.05, 4.69) is 25.7 Å². The van der Waals surface area contributed by atoms with Gasteiger partial charge in [-0.1, -0.05) is 23.7 Å². The van der Waals surface area contributed by atoms with Gasteiger partial charge in [-0.25, -0.2) is 0 Å². The Kier molecular flexibility index (Phi) is 5.35. The summed E-state index contributed by atoms with van der Waals surface area (Å²) in [6, 6.07) is 7.70. The number of hydrogen-bond donors (Lipinski definition) is 0. The molecule has 1 aromatic carbocycles. The van der Waals surface area contributed by atoms with Crippen LogP contribution in [0.4, 0.5) is 0 Å². The smallest absolute Gasteiger partial charge is 0.309 e. The fourth-order valence-electron chi connectivity index (χ4n) is 2.82. The molecule has 0 bridgehead atoms. The minimum atomic E-state index is -1.67. The predicted octanol–water partition coefficient (Wildman–Crippen LogP) is 4.74. The highest BCUT2D eigenvalue weighted by atomic mass is 35.5. The van der Waals surface area contributed by atoms with Gasteiger partial charge in [0.25, 0.3) is 0 Å². The highest BCUT2D eigenvalue weighted by molar-refractivity contribution is 6.70. The van der Waals surface area contributed by atoms with Crippen LogP contribution >= 0.6 is 11.6 Å². The quantitative estimate of drug-likeness (QED) is 0.587. The third-order valence-electron chi connectivity index (χ3n) is 3.75. The van der Waals surface area contributed by atoms with Gasteiger partial charge in [-0.3, -0.25) is 4.79 Å². The molecule has 22 heavy (non-hydrogen) atoms. The first kappa shape index (κ1) is 17.1. The lowest BCUT2D eigenvalue weighted by atomic mass is 9.78. The monoisotopic (exact) mass is 338 g/mol. The molecule has 0 heterocycles. The van der Waals surface area contributed by atoms with Crippen molar-refractivity contribution in [2.45, 2.75) is 38.4 Å². The van der Waals surface area contributed by atoms with Gasteiger partial charge in [-0.15, -0.1) is 0 Å². The molecule has 1 aromatic rings. The van der Waals surface area contributed by atoms with Crippen LogP contribution in [0.1, 0.15) is 24.3 Å². The van der Waals surface area contributed by atoms with Crippen LogP contribution in [-0.4, -0.2) is 21.4 Å². The van der Waals surface area contributed by atoms with Gasteiger partial charge in [0.05, 0.1) is 18.8 Å². The topological polar surface area (TPSA) is 35.5 Å². The maximum absolute atomic E-state index is 12.2. The van der Waals surface area contributed by atoms with Crippen LogP contribution in [0.25, 0.3) is 0 Å². The minimum absolute atomic E-state index is 0.110. The molecule has 0 amide bonds. The highest BCUT2D eigenvalue weighted by Crippen LogP contribution is 2.39. The zero-order valence-corrected chi connectivity index (χ0v) is 15.3. The van der Waals surface area contributed by atoms with E-state index in [-0.39, 0.29) is 17.8 Å². The normalized spacial score (nSPS) is 22.0. The van der Waals surface area contributed by atoms with Gasteiger partial charge >= 0.3 is 5.97 Å². The molecule has 1 aliphatic rings. The summed E-state index contributed by atoms with van der Waals surface area (Å²) in [4.78, 5) is 12.2. The van der Waals surface area contributed by atoms with E-state index in [0.717, 1.165) is 17.7 Å². The summed E-state index contributed by atoms with van der Waals surface area (Å²) in [6.07, 6.45) is 3.50. The molecule has 0 aliphatic heterocycles. The van der Waals surface area contributed by atoms with Crippen LogP contribution in [0.3, 0.4) is 0 Å². The Bertz CT molecular complexity index is 560. The van der Waals surface area contributed by atoms with Gasteiger partial charge in [0.1, 0.15) is 0 Å². The molecule has 5 heteroatoms. The first-order chi connectivity index (χ1) is 10.3. The van der Waals surface area contributed by atoms with E-state index in [9.17, 15) is 4.79 Å². The largest absolute Gasteiger partial charge is 0.548 e. The molecule has 120 valence electrons. The molecule has 0 unspecified atom stereocenters. The van der Waals surface area contributed by atoms with Crippen LogP contribution in [0, 0.1) is 5.92 Å². The summed E-state index contributed by atoms with van der Waals surface area (Å²) in [5.74, 6) is 0.658. The summed E-state index contributed by atoms with van der Waals surface area (Å²) in [6.45, 7) is 6.44. The first-order valence-electron chi connectivity index (χ1n) is 7.51. The fraction of sp³-hybridized carbons (Fsp3) is 0.471. The molecule has 0 saturated carbocycles. The Balaban J connectivity index is 2.25. The van der Waals surface area contributed by atoms with Crippen molar-refractivity contribution in [1.29, 1.82) is 0 Å². The van der Waals surface area contributed by atoms with Crippen molar-refractivity contribution in [3.05, 3.63) is 46.7 Å². The van der Waals surface area contributed by atoms with Crippen molar-refractivity contribution in [2.75, 3.05) is 7.11 Å². The van der Waals surface area contributed by atoms with Crippen LogP contribution in [0.2, 0.25) is 24.7 Å². The van der Waals surface area contributed by atoms with Crippen LogP contribution in [0.5, 0.6) is 0 Å². The Labute approximate surface area is 138 Å². The molecule has 0 fully saturated rings. The van der Waals surface area contributed by atoms with Crippen LogP contribution in [-0.2, 0) is 14.0 Å². The second kappa shape index (κ2) is 6.88. The lowest BCUT2D eigenvalue weighted by Gasteiger charge is -2.32. The number of halogens is 1. The maximum atomic E-state index is 12.2.